The van der Waals surface area contributed by atoms with Crippen LogP contribution in [0.25, 0.3) is 0 Å². The van der Waals surface area contributed by atoms with Crippen LogP contribution in [0.4, 0.5) is 0 Å². The summed E-state index contributed by atoms with van der Waals surface area (Å²) >= 11 is 0. The predicted octanol–water partition coefficient (Wildman–Crippen LogP) is 2.72. The Morgan fingerprint density at radius 3 is 2.62 bits per heavy atom. The number of ether oxygens (including phenoxy) is 1. The zero-order chi connectivity index (χ0) is 12.4. The molecular weight excluding hydrogens is 200 g/mol. The van der Waals surface area contributed by atoms with Crippen molar-refractivity contribution in [3.8, 4) is 6.07 Å². The molecule has 1 atom stereocenters. The van der Waals surface area contributed by atoms with Gasteiger partial charge in [-0.15, -0.1) is 0 Å². The van der Waals surface area contributed by atoms with Crippen LogP contribution in [0.2, 0.25) is 0 Å². The SMILES string of the molecule is CCCNC(C)(C#N)CCCOCC(C)C. The van der Waals surface area contributed by atoms with Crippen molar-refractivity contribution in [3.05, 3.63) is 0 Å². The second-order valence-corrected chi connectivity index (χ2v) is 4.94. The fraction of sp³-hybridized carbons (Fsp3) is 0.923. The van der Waals surface area contributed by atoms with E-state index in [2.05, 4.69) is 32.2 Å². The first-order valence-electron chi connectivity index (χ1n) is 6.28. The Bertz CT molecular complexity index is 210. The van der Waals surface area contributed by atoms with Crippen molar-refractivity contribution in [2.24, 2.45) is 5.92 Å². The van der Waals surface area contributed by atoms with Crippen molar-refractivity contribution in [2.75, 3.05) is 19.8 Å². The van der Waals surface area contributed by atoms with Gasteiger partial charge in [-0.25, -0.2) is 0 Å². The van der Waals surface area contributed by atoms with Crippen molar-refractivity contribution in [1.29, 1.82) is 5.26 Å². The molecule has 0 aliphatic heterocycles. The van der Waals surface area contributed by atoms with Gasteiger partial charge in [-0.2, -0.15) is 5.26 Å². The molecule has 0 aromatic rings. The zero-order valence-electron chi connectivity index (χ0n) is 11.2. The van der Waals surface area contributed by atoms with Crippen molar-refractivity contribution in [1.82, 2.24) is 5.32 Å². The normalized spacial score (nSPS) is 14.8. The Morgan fingerprint density at radius 2 is 2.12 bits per heavy atom. The second-order valence-electron chi connectivity index (χ2n) is 4.94. The van der Waals surface area contributed by atoms with Crippen LogP contribution in [-0.2, 0) is 4.74 Å². The Balaban J connectivity index is 3.66. The number of hydrogen-bond acceptors (Lipinski definition) is 3. The van der Waals surface area contributed by atoms with Gasteiger partial charge in [-0.1, -0.05) is 20.8 Å². The van der Waals surface area contributed by atoms with E-state index >= 15 is 0 Å². The molecule has 0 radical (unpaired) electrons. The Labute approximate surface area is 100 Å². The lowest BCUT2D eigenvalue weighted by Gasteiger charge is -2.23. The third-order valence-electron chi connectivity index (χ3n) is 2.43. The average molecular weight is 226 g/mol. The molecule has 0 saturated heterocycles. The number of nitriles is 1. The molecule has 0 aromatic carbocycles. The standard InChI is InChI=1S/C13H26N2O/c1-5-8-15-13(4,11-14)7-6-9-16-10-12(2)3/h12,15H,5-10H2,1-4H3. The van der Waals surface area contributed by atoms with Crippen molar-refractivity contribution in [3.63, 3.8) is 0 Å². The molecule has 16 heavy (non-hydrogen) atoms. The van der Waals surface area contributed by atoms with Gasteiger partial charge in [0, 0.05) is 13.2 Å². The predicted molar refractivity (Wildman–Crippen MR) is 67.2 cm³/mol. The van der Waals surface area contributed by atoms with E-state index in [1.54, 1.807) is 0 Å². The Morgan fingerprint density at radius 1 is 1.44 bits per heavy atom. The molecule has 0 heterocycles. The lowest BCUT2D eigenvalue weighted by atomic mass is 9.98. The van der Waals surface area contributed by atoms with Crippen LogP contribution in [0.5, 0.6) is 0 Å². The Hall–Kier alpha value is -0.590. The number of rotatable bonds is 9. The Kier molecular flexibility index (Phi) is 8.23. The molecule has 0 aromatic heterocycles. The topological polar surface area (TPSA) is 45.0 Å². The van der Waals surface area contributed by atoms with E-state index in [0.717, 1.165) is 39.0 Å². The van der Waals surface area contributed by atoms with E-state index in [1.807, 2.05) is 6.92 Å². The van der Waals surface area contributed by atoms with Gasteiger partial charge in [0.1, 0.15) is 5.54 Å². The molecule has 0 bridgehead atoms. The first-order valence-corrected chi connectivity index (χ1v) is 6.28. The first-order chi connectivity index (χ1) is 7.54. The maximum absolute atomic E-state index is 9.10. The maximum Gasteiger partial charge on any atom is 0.104 e. The van der Waals surface area contributed by atoms with E-state index in [1.165, 1.54) is 0 Å². The summed E-state index contributed by atoms with van der Waals surface area (Å²) in [4.78, 5) is 0. The lowest BCUT2D eigenvalue weighted by Crippen LogP contribution is -2.41. The molecule has 3 heteroatoms. The highest BCUT2D eigenvalue weighted by Gasteiger charge is 2.21. The van der Waals surface area contributed by atoms with Gasteiger partial charge in [0.05, 0.1) is 6.07 Å². The van der Waals surface area contributed by atoms with E-state index in [4.69, 9.17) is 10.00 Å². The van der Waals surface area contributed by atoms with Gasteiger partial charge in [-0.05, 0) is 38.6 Å². The third-order valence-corrected chi connectivity index (χ3v) is 2.43. The van der Waals surface area contributed by atoms with Gasteiger partial charge in [0.2, 0.25) is 0 Å². The number of nitrogens with one attached hydrogen (secondary N) is 1. The van der Waals surface area contributed by atoms with Gasteiger partial charge in [-0.3, -0.25) is 5.32 Å². The van der Waals surface area contributed by atoms with Gasteiger partial charge >= 0.3 is 0 Å². The van der Waals surface area contributed by atoms with E-state index in [-0.39, 0.29) is 0 Å². The molecule has 0 spiro atoms. The van der Waals surface area contributed by atoms with Crippen LogP contribution in [0.15, 0.2) is 0 Å². The lowest BCUT2D eigenvalue weighted by molar-refractivity contribution is 0.103. The smallest absolute Gasteiger partial charge is 0.104 e. The van der Waals surface area contributed by atoms with Crippen LogP contribution < -0.4 is 5.32 Å². The van der Waals surface area contributed by atoms with E-state index in [9.17, 15) is 0 Å². The molecule has 1 unspecified atom stereocenters. The minimum Gasteiger partial charge on any atom is -0.381 e. The van der Waals surface area contributed by atoms with Crippen molar-refractivity contribution < 1.29 is 4.74 Å². The molecule has 0 amide bonds. The summed E-state index contributed by atoms with van der Waals surface area (Å²) in [5.74, 6) is 0.584. The summed E-state index contributed by atoms with van der Waals surface area (Å²) < 4.78 is 5.50. The van der Waals surface area contributed by atoms with Crippen LogP contribution in [0.3, 0.4) is 0 Å². The monoisotopic (exact) mass is 226 g/mol. The van der Waals surface area contributed by atoms with Crippen molar-refractivity contribution >= 4 is 0 Å². The van der Waals surface area contributed by atoms with E-state index < -0.39 is 5.54 Å². The van der Waals surface area contributed by atoms with Gasteiger partial charge in [0.25, 0.3) is 0 Å². The first kappa shape index (κ1) is 15.4. The summed E-state index contributed by atoms with van der Waals surface area (Å²) in [5, 5.41) is 12.4. The largest absolute Gasteiger partial charge is 0.381 e. The van der Waals surface area contributed by atoms with E-state index in [0.29, 0.717) is 5.92 Å². The molecular formula is C13H26N2O. The fourth-order valence-electron chi connectivity index (χ4n) is 1.43. The third kappa shape index (κ3) is 7.67. The molecule has 0 aliphatic carbocycles. The number of nitrogens with zero attached hydrogens (tertiary/aromatic N) is 1. The summed E-state index contributed by atoms with van der Waals surface area (Å²) in [7, 11) is 0. The highest BCUT2D eigenvalue weighted by molar-refractivity contribution is 5.03. The molecule has 1 N–H and O–H groups in total. The zero-order valence-corrected chi connectivity index (χ0v) is 11.2. The second kappa shape index (κ2) is 8.55. The summed E-state index contributed by atoms with van der Waals surface area (Å²) in [5.41, 5.74) is -0.392. The molecule has 94 valence electrons. The quantitative estimate of drug-likeness (QED) is 0.615. The van der Waals surface area contributed by atoms with Crippen LogP contribution in [0.1, 0.15) is 47.0 Å². The molecule has 3 nitrogen and oxygen atoms in total. The fourth-order valence-corrected chi connectivity index (χ4v) is 1.43. The van der Waals surface area contributed by atoms with Crippen molar-refractivity contribution in [2.45, 2.75) is 52.5 Å². The maximum atomic E-state index is 9.10. The molecule has 0 fully saturated rings. The molecule has 0 aliphatic rings. The average Bonchev–Trinajstić information content (AvgIpc) is 2.25. The number of hydrogen-bond donors (Lipinski definition) is 1. The molecule has 0 rings (SSSR count). The van der Waals surface area contributed by atoms with Gasteiger partial charge < -0.3 is 4.74 Å². The minimum atomic E-state index is -0.392. The summed E-state index contributed by atoms with van der Waals surface area (Å²) in [6.07, 6.45) is 2.84. The van der Waals surface area contributed by atoms with Crippen LogP contribution in [-0.4, -0.2) is 25.3 Å². The summed E-state index contributed by atoms with van der Waals surface area (Å²) in [6.45, 7) is 10.8. The highest BCUT2D eigenvalue weighted by atomic mass is 16.5. The van der Waals surface area contributed by atoms with Gasteiger partial charge in [0.15, 0.2) is 0 Å². The summed E-state index contributed by atoms with van der Waals surface area (Å²) in [6, 6.07) is 2.35. The highest BCUT2D eigenvalue weighted by Crippen LogP contribution is 2.11. The van der Waals surface area contributed by atoms with Crippen LogP contribution in [0, 0.1) is 17.2 Å². The van der Waals surface area contributed by atoms with Crippen LogP contribution >= 0.6 is 0 Å². The molecule has 0 saturated carbocycles. The minimum absolute atomic E-state index is 0.392.